The topological polar surface area (TPSA) is 116 Å². The number of hydrogen-bond donors (Lipinski definition) is 0. The van der Waals surface area contributed by atoms with Gasteiger partial charge in [-0.2, -0.15) is 0 Å². The molecule has 0 atom stereocenters. The van der Waals surface area contributed by atoms with E-state index in [1.54, 1.807) is 38.1 Å². The molecule has 0 aromatic heterocycles. The van der Waals surface area contributed by atoms with Crippen LogP contribution in [0.3, 0.4) is 0 Å². The third-order valence-electron chi connectivity index (χ3n) is 9.89. The van der Waals surface area contributed by atoms with Crippen LogP contribution in [0, 0.1) is 0 Å². The van der Waals surface area contributed by atoms with Crippen LogP contribution in [0.25, 0.3) is 43.1 Å². The molecule has 5 aromatic rings. The fraction of sp³-hybridized carbons (Fsp3) is 0.375. The minimum atomic E-state index is -0.901. The summed E-state index contributed by atoms with van der Waals surface area (Å²) in [5.74, 6) is -1.98. The molecule has 5 aromatic carbocycles. The summed E-state index contributed by atoms with van der Waals surface area (Å²) in [6.07, 6.45) is 4.44. The second-order valence-corrected chi connectivity index (χ2v) is 13.8. The van der Waals surface area contributed by atoms with Crippen LogP contribution in [0.5, 0.6) is 0 Å². The van der Waals surface area contributed by atoms with Crippen molar-refractivity contribution in [2.45, 2.75) is 77.9 Å². The zero-order valence-corrected chi connectivity index (χ0v) is 28.3. The van der Waals surface area contributed by atoms with E-state index < -0.39 is 17.5 Å². The van der Waals surface area contributed by atoms with Crippen molar-refractivity contribution in [3.8, 4) is 0 Å². The number of benzene rings is 5. The monoisotopic (exact) mass is 661 g/mol. The molecule has 252 valence electrons. The highest BCUT2D eigenvalue weighted by molar-refractivity contribution is 6.40. The molecule has 0 saturated carbocycles. The van der Waals surface area contributed by atoms with Gasteiger partial charge in [-0.05, 0) is 110 Å². The average Bonchev–Trinajstić information content (AvgIpc) is 3.07. The molecule has 9 heteroatoms. The van der Waals surface area contributed by atoms with Crippen LogP contribution in [0.2, 0.25) is 0 Å². The third-order valence-corrected chi connectivity index (χ3v) is 9.89. The van der Waals surface area contributed by atoms with Crippen molar-refractivity contribution in [3.63, 3.8) is 0 Å². The fourth-order valence-electron chi connectivity index (χ4n) is 7.33. The van der Waals surface area contributed by atoms with Gasteiger partial charge in [0.25, 0.3) is 11.8 Å². The van der Waals surface area contributed by atoms with Gasteiger partial charge in [-0.1, -0.05) is 30.7 Å². The number of unbranched alkanes of at least 4 members (excludes halogenated alkanes) is 3. The van der Waals surface area contributed by atoms with Crippen molar-refractivity contribution in [1.29, 1.82) is 0 Å². The Balaban J connectivity index is 1.07. The number of imide groups is 1. The molecule has 7 rings (SSSR count). The summed E-state index contributed by atoms with van der Waals surface area (Å²) in [7, 11) is 0. The minimum absolute atomic E-state index is 0.0641. The molecule has 0 radical (unpaired) electrons. The number of ether oxygens (including phenoxy) is 3. The number of hydrogen-bond acceptors (Lipinski definition) is 8. The molecular formula is C40H39NO8. The summed E-state index contributed by atoms with van der Waals surface area (Å²) in [5, 5.41) is 6.10. The first-order valence-electron chi connectivity index (χ1n) is 17.1. The average molecular weight is 662 g/mol. The van der Waals surface area contributed by atoms with Crippen molar-refractivity contribution in [2.24, 2.45) is 0 Å². The second-order valence-electron chi connectivity index (χ2n) is 13.8. The van der Waals surface area contributed by atoms with Gasteiger partial charge >= 0.3 is 11.9 Å². The molecular weight excluding hydrogens is 622 g/mol. The van der Waals surface area contributed by atoms with Crippen LogP contribution in [-0.4, -0.2) is 65.9 Å². The number of rotatable bonds is 14. The molecule has 2 heterocycles. The molecule has 9 nitrogen and oxygen atoms in total. The van der Waals surface area contributed by atoms with Crippen molar-refractivity contribution >= 4 is 72.6 Å². The predicted molar refractivity (Wildman–Crippen MR) is 187 cm³/mol. The van der Waals surface area contributed by atoms with Crippen LogP contribution in [0.1, 0.15) is 108 Å². The van der Waals surface area contributed by atoms with Gasteiger partial charge in [-0.15, -0.1) is 0 Å². The van der Waals surface area contributed by atoms with Gasteiger partial charge in [0.1, 0.15) is 5.60 Å². The molecule has 0 fully saturated rings. The maximum atomic E-state index is 13.8. The standard InChI is InChI=1S/C40H39NO8/c1-22(2)47-20-8-5-6-10-31(42)40(3,4)48-21-9-7-19-41-36(43)27-15-11-23-25-13-17-29-35-30(39(46)49-38(29)45)18-14-26(33(25)35)24-12-16-28(37(41)44)34(27)32(23)24/h11-18,22H,5-10,19-21H2,1-4H3. The summed E-state index contributed by atoms with van der Waals surface area (Å²) in [5.41, 5.74) is 0.694. The first kappa shape index (κ1) is 32.8. The number of ketones is 1. The lowest BCUT2D eigenvalue weighted by molar-refractivity contribution is -0.140. The lowest BCUT2D eigenvalue weighted by Crippen LogP contribution is -2.41. The van der Waals surface area contributed by atoms with Crippen LogP contribution >= 0.6 is 0 Å². The normalized spacial score (nSPS) is 14.8. The lowest BCUT2D eigenvalue weighted by Gasteiger charge is -2.29. The van der Waals surface area contributed by atoms with E-state index in [1.165, 1.54) is 4.90 Å². The zero-order chi connectivity index (χ0) is 34.6. The van der Waals surface area contributed by atoms with Gasteiger partial charge in [0.05, 0.1) is 17.2 Å². The maximum Gasteiger partial charge on any atom is 0.346 e. The van der Waals surface area contributed by atoms with E-state index in [0.29, 0.717) is 65.5 Å². The summed E-state index contributed by atoms with van der Waals surface area (Å²) < 4.78 is 16.5. The summed E-state index contributed by atoms with van der Waals surface area (Å²) in [6.45, 7) is 8.88. The van der Waals surface area contributed by atoms with Gasteiger partial charge in [-0.25, -0.2) is 9.59 Å². The van der Waals surface area contributed by atoms with Gasteiger partial charge in [0, 0.05) is 48.1 Å². The molecule has 49 heavy (non-hydrogen) atoms. The van der Waals surface area contributed by atoms with E-state index in [1.807, 2.05) is 38.1 Å². The molecule has 0 aliphatic carbocycles. The molecule has 0 saturated heterocycles. The number of nitrogens with zero attached hydrogens (tertiary/aromatic N) is 1. The minimum Gasteiger partial charge on any atom is -0.386 e. The Morgan fingerprint density at radius 3 is 1.67 bits per heavy atom. The SMILES string of the molecule is CC(C)OCCCCCC(=O)C(C)(C)OCCCCN1C(=O)c2ccc3c4ccc5c6c(ccc(c7ccc(c2c37)C1=O)c64)C(=O)OC5=O. The van der Waals surface area contributed by atoms with E-state index in [2.05, 4.69) is 0 Å². The Labute approximate surface area is 283 Å². The van der Waals surface area contributed by atoms with Gasteiger partial charge in [0.2, 0.25) is 0 Å². The Bertz CT molecular complexity index is 2080. The quantitative estimate of drug-likeness (QED) is 0.0296. The molecule has 0 N–H and O–H groups in total. The first-order valence-corrected chi connectivity index (χ1v) is 17.1. The molecule has 2 aliphatic heterocycles. The van der Waals surface area contributed by atoms with Crippen molar-refractivity contribution < 1.29 is 38.2 Å². The lowest BCUT2D eigenvalue weighted by atomic mass is 9.83. The van der Waals surface area contributed by atoms with Crippen LogP contribution in [0.15, 0.2) is 48.5 Å². The number of cyclic esters (lactones) is 2. The number of Topliss-reactive ketones (excluding diaryl/α,β-unsaturated/α-hetero) is 1. The predicted octanol–water partition coefficient (Wildman–Crippen LogP) is 7.77. The van der Waals surface area contributed by atoms with E-state index >= 15 is 0 Å². The Kier molecular flexibility index (Phi) is 8.45. The number of amides is 2. The van der Waals surface area contributed by atoms with E-state index in [-0.39, 0.29) is 30.2 Å². The summed E-state index contributed by atoms with van der Waals surface area (Å²) in [4.78, 5) is 67.0. The first-order chi connectivity index (χ1) is 23.5. The van der Waals surface area contributed by atoms with Crippen molar-refractivity contribution in [3.05, 3.63) is 70.8 Å². The van der Waals surface area contributed by atoms with Crippen LogP contribution in [0.4, 0.5) is 0 Å². The Hall–Kier alpha value is -4.73. The van der Waals surface area contributed by atoms with E-state index in [9.17, 15) is 24.0 Å². The van der Waals surface area contributed by atoms with Gasteiger partial charge < -0.3 is 14.2 Å². The molecule has 0 bridgehead atoms. The molecule has 0 unspecified atom stereocenters. The van der Waals surface area contributed by atoms with E-state index in [0.717, 1.165) is 51.6 Å². The van der Waals surface area contributed by atoms with Gasteiger partial charge in [0.15, 0.2) is 5.78 Å². The van der Waals surface area contributed by atoms with Crippen molar-refractivity contribution in [1.82, 2.24) is 4.90 Å². The van der Waals surface area contributed by atoms with Gasteiger partial charge in [-0.3, -0.25) is 19.3 Å². The highest BCUT2D eigenvalue weighted by Gasteiger charge is 2.35. The summed E-state index contributed by atoms with van der Waals surface area (Å²) in [6, 6.07) is 14.3. The molecule has 2 aliphatic rings. The smallest absolute Gasteiger partial charge is 0.346 e. The number of esters is 2. The molecule has 2 amide bonds. The number of fused-ring (bicyclic) bond motifs is 2. The van der Waals surface area contributed by atoms with E-state index in [4.69, 9.17) is 14.2 Å². The molecule has 0 spiro atoms. The highest BCUT2D eigenvalue weighted by Crippen LogP contribution is 2.46. The number of carbonyl (C=O) groups is 5. The third kappa shape index (κ3) is 5.55. The van der Waals surface area contributed by atoms with Crippen LogP contribution in [-0.2, 0) is 19.0 Å². The zero-order valence-electron chi connectivity index (χ0n) is 28.3. The fourth-order valence-corrected chi connectivity index (χ4v) is 7.33. The summed E-state index contributed by atoms with van der Waals surface area (Å²) >= 11 is 0. The Morgan fingerprint density at radius 1 is 0.653 bits per heavy atom. The number of carbonyl (C=O) groups excluding carboxylic acids is 5. The Morgan fingerprint density at radius 2 is 1.14 bits per heavy atom. The largest absolute Gasteiger partial charge is 0.386 e. The van der Waals surface area contributed by atoms with Crippen molar-refractivity contribution in [2.75, 3.05) is 19.8 Å². The second kappa shape index (κ2) is 12.6. The maximum absolute atomic E-state index is 13.8. The van der Waals surface area contributed by atoms with Crippen LogP contribution < -0.4 is 0 Å². The highest BCUT2D eigenvalue weighted by atomic mass is 16.6.